The second-order valence-electron chi connectivity index (χ2n) is 10.3. The van der Waals surface area contributed by atoms with Crippen molar-refractivity contribution in [1.82, 2.24) is 9.80 Å². The van der Waals surface area contributed by atoms with E-state index in [9.17, 15) is 9.59 Å². The van der Waals surface area contributed by atoms with Crippen LogP contribution in [0.25, 0.3) is 0 Å². The van der Waals surface area contributed by atoms with Crippen molar-refractivity contribution in [3.05, 3.63) is 69.7 Å². The van der Waals surface area contributed by atoms with E-state index in [1.807, 2.05) is 34.9 Å². The van der Waals surface area contributed by atoms with Gasteiger partial charge in [0, 0.05) is 47.7 Å². The molecular formula is C28H36Cl2N6O2. The lowest BCUT2D eigenvalue weighted by Crippen LogP contribution is -2.63. The van der Waals surface area contributed by atoms with Crippen LogP contribution in [0.5, 0.6) is 0 Å². The fraction of sp³-hybridized carbons (Fsp3) is 0.464. The van der Waals surface area contributed by atoms with Gasteiger partial charge in [0.15, 0.2) is 5.96 Å². The molecule has 0 aromatic heterocycles. The average Bonchev–Trinajstić information content (AvgIpc) is 3.69. The van der Waals surface area contributed by atoms with E-state index in [-0.39, 0.29) is 41.7 Å². The number of aliphatic imine (C=N–C) groups is 1. The standard InChI is InChI=1S/C28H36Cl2N6O2/c1-17-15-36(27(38)25(31)12-19-9-10-20(29)13-24(19)30)21(8-5-11-34-28(32)33)16-35(17)26(37)23-14-22(23)18-6-3-2-4-7-18/h2-4,6-7,9-10,13,17,21-23,25H,5,8,11-12,14-16,31H2,1H3,(H4,32,33,34)/t17-,21+,22+,23-,25-/m1/s1. The number of amides is 2. The van der Waals surface area contributed by atoms with Crippen LogP contribution in [0.4, 0.5) is 0 Å². The van der Waals surface area contributed by atoms with E-state index in [0.717, 1.165) is 12.0 Å². The predicted molar refractivity (Wildman–Crippen MR) is 152 cm³/mol. The van der Waals surface area contributed by atoms with Gasteiger partial charge < -0.3 is 27.0 Å². The van der Waals surface area contributed by atoms with Gasteiger partial charge in [-0.1, -0.05) is 59.6 Å². The number of nitrogens with zero attached hydrogens (tertiary/aromatic N) is 3. The molecule has 5 atom stereocenters. The monoisotopic (exact) mass is 558 g/mol. The van der Waals surface area contributed by atoms with Gasteiger partial charge in [-0.3, -0.25) is 14.6 Å². The summed E-state index contributed by atoms with van der Waals surface area (Å²) in [4.78, 5) is 35.0. The van der Waals surface area contributed by atoms with E-state index in [1.165, 1.54) is 5.56 Å². The number of hydrogen-bond acceptors (Lipinski definition) is 4. The number of carbonyl (C=O) groups excluding carboxylic acids is 2. The molecule has 0 bridgehead atoms. The first-order valence-electron chi connectivity index (χ1n) is 13.1. The Hall–Kier alpha value is -2.81. The van der Waals surface area contributed by atoms with E-state index >= 15 is 0 Å². The van der Waals surface area contributed by atoms with Crippen molar-refractivity contribution in [2.45, 2.75) is 56.7 Å². The summed E-state index contributed by atoms with van der Waals surface area (Å²) < 4.78 is 0. The Morgan fingerprint density at radius 1 is 1.08 bits per heavy atom. The second kappa shape index (κ2) is 12.4. The molecule has 4 rings (SSSR count). The number of benzene rings is 2. The third-order valence-electron chi connectivity index (χ3n) is 7.50. The maximum absolute atomic E-state index is 13.6. The first-order chi connectivity index (χ1) is 18.2. The van der Waals surface area contributed by atoms with Gasteiger partial charge in [-0.25, -0.2) is 0 Å². The van der Waals surface area contributed by atoms with Crippen LogP contribution < -0.4 is 17.2 Å². The maximum atomic E-state index is 13.6. The van der Waals surface area contributed by atoms with Gasteiger partial charge in [0.2, 0.25) is 11.8 Å². The highest BCUT2D eigenvalue weighted by atomic mass is 35.5. The van der Waals surface area contributed by atoms with Crippen LogP contribution in [-0.4, -0.2) is 65.3 Å². The van der Waals surface area contributed by atoms with Gasteiger partial charge in [0.25, 0.3) is 0 Å². The van der Waals surface area contributed by atoms with Crippen molar-refractivity contribution in [3.63, 3.8) is 0 Å². The highest BCUT2D eigenvalue weighted by Crippen LogP contribution is 2.48. The van der Waals surface area contributed by atoms with Gasteiger partial charge in [0.05, 0.1) is 6.04 Å². The molecule has 1 aliphatic heterocycles. The summed E-state index contributed by atoms with van der Waals surface area (Å²) in [5, 5.41) is 1.01. The van der Waals surface area contributed by atoms with Crippen molar-refractivity contribution < 1.29 is 9.59 Å². The maximum Gasteiger partial charge on any atom is 0.240 e. The number of carbonyl (C=O) groups is 2. The Morgan fingerprint density at radius 2 is 1.82 bits per heavy atom. The molecule has 6 N–H and O–H groups in total. The van der Waals surface area contributed by atoms with Crippen LogP contribution in [0.2, 0.25) is 10.0 Å². The number of nitrogens with two attached hydrogens (primary N) is 3. The number of rotatable bonds is 9. The fourth-order valence-corrected chi connectivity index (χ4v) is 5.86. The van der Waals surface area contributed by atoms with E-state index in [2.05, 4.69) is 17.1 Å². The molecule has 2 aromatic rings. The van der Waals surface area contributed by atoms with Gasteiger partial charge >= 0.3 is 0 Å². The largest absolute Gasteiger partial charge is 0.370 e. The molecule has 204 valence electrons. The molecule has 2 fully saturated rings. The van der Waals surface area contributed by atoms with Gasteiger partial charge in [-0.05, 0) is 61.8 Å². The molecule has 2 amide bonds. The third kappa shape index (κ3) is 6.79. The first kappa shape index (κ1) is 28.2. The summed E-state index contributed by atoms with van der Waals surface area (Å²) in [5.74, 6) is 0.280. The molecular weight excluding hydrogens is 523 g/mol. The molecule has 0 unspecified atom stereocenters. The normalized spacial score (nSPS) is 23.6. The number of guanidine groups is 1. The van der Waals surface area contributed by atoms with E-state index in [0.29, 0.717) is 48.9 Å². The predicted octanol–water partition coefficient (Wildman–Crippen LogP) is 3.15. The summed E-state index contributed by atoms with van der Waals surface area (Å²) in [5.41, 5.74) is 19.3. The summed E-state index contributed by atoms with van der Waals surface area (Å²) in [6, 6.07) is 14.3. The van der Waals surface area contributed by atoms with E-state index in [1.54, 1.807) is 18.2 Å². The smallest absolute Gasteiger partial charge is 0.240 e. The zero-order valence-electron chi connectivity index (χ0n) is 21.6. The molecule has 1 aliphatic carbocycles. The highest BCUT2D eigenvalue weighted by Gasteiger charge is 2.48. The highest BCUT2D eigenvalue weighted by molar-refractivity contribution is 6.35. The number of hydrogen-bond donors (Lipinski definition) is 3. The van der Waals surface area contributed by atoms with Gasteiger partial charge in [0.1, 0.15) is 0 Å². The zero-order chi connectivity index (χ0) is 27.4. The van der Waals surface area contributed by atoms with Gasteiger partial charge in [-0.2, -0.15) is 0 Å². The minimum atomic E-state index is -0.769. The second-order valence-corrected chi connectivity index (χ2v) is 11.2. The molecule has 2 aromatic carbocycles. The quantitative estimate of drug-likeness (QED) is 0.247. The minimum absolute atomic E-state index is 0.0151. The van der Waals surface area contributed by atoms with Crippen molar-refractivity contribution in [1.29, 1.82) is 0 Å². The molecule has 1 saturated carbocycles. The summed E-state index contributed by atoms with van der Waals surface area (Å²) in [6.07, 6.45) is 2.48. The summed E-state index contributed by atoms with van der Waals surface area (Å²) >= 11 is 12.3. The number of piperazine rings is 1. The topological polar surface area (TPSA) is 131 Å². The first-order valence-corrected chi connectivity index (χ1v) is 13.8. The summed E-state index contributed by atoms with van der Waals surface area (Å²) in [6.45, 7) is 3.33. The summed E-state index contributed by atoms with van der Waals surface area (Å²) in [7, 11) is 0. The Morgan fingerprint density at radius 3 is 2.50 bits per heavy atom. The molecule has 38 heavy (non-hydrogen) atoms. The molecule has 2 aliphatic rings. The van der Waals surface area contributed by atoms with Crippen LogP contribution in [0.15, 0.2) is 53.5 Å². The fourth-order valence-electron chi connectivity index (χ4n) is 5.37. The molecule has 1 saturated heterocycles. The lowest BCUT2D eigenvalue weighted by Gasteiger charge is -2.46. The number of halogens is 2. The zero-order valence-corrected chi connectivity index (χ0v) is 23.1. The van der Waals surface area contributed by atoms with Crippen LogP contribution in [-0.2, 0) is 16.0 Å². The SMILES string of the molecule is C[C@@H]1CN(C(=O)[C@H](N)Cc2ccc(Cl)cc2Cl)[C@@H](CCCN=C(N)N)CN1C(=O)[C@@H]1C[C@H]1c1ccccc1. The van der Waals surface area contributed by atoms with Crippen molar-refractivity contribution in [2.24, 2.45) is 28.1 Å². The van der Waals surface area contributed by atoms with Crippen molar-refractivity contribution in [2.75, 3.05) is 19.6 Å². The average molecular weight is 560 g/mol. The Kier molecular flexibility index (Phi) is 9.18. The van der Waals surface area contributed by atoms with E-state index in [4.69, 9.17) is 40.4 Å². The van der Waals surface area contributed by atoms with Crippen LogP contribution in [0, 0.1) is 5.92 Å². The van der Waals surface area contributed by atoms with Crippen LogP contribution >= 0.6 is 23.2 Å². The van der Waals surface area contributed by atoms with Crippen molar-refractivity contribution in [3.8, 4) is 0 Å². The molecule has 1 heterocycles. The Bertz CT molecular complexity index is 1170. The molecule has 10 heteroatoms. The Balaban J connectivity index is 1.46. The third-order valence-corrected chi connectivity index (χ3v) is 8.09. The lowest BCUT2D eigenvalue weighted by atomic mass is 9.98. The van der Waals surface area contributed by atoms with Crippen molar-refractivity contribution >= 4 is 41.0 Å². The van der Waals surface area contributed by atoms with E-state index < -0.39 is 6.04 Å². The molecule has 8 nitrogen and oxygen atoms in total. The lowest BCUT2D eigenvalue weighted by molar-refractivity contribution is -0.148. The molecule has 0 spiro atoms. The van der Waals surface area contributed by atoms with Crippen LogP contribution in [0.1, 0.15) is 43.2 Å². The molecule has 0 radical (unpaired) electrons. The minimum Gasteiger partial charge on any atom is -0.370 e. The Labute approximate surface area is 234 Å². The van der Waals surface area contributed by atoms with Crippen LogP contribution in [0.3, 0.4) is 0 Å². The van der Waals surface area contributed by atoms with Gasteiger partial charge in [-0.15, -0.1) is 0 Å².